The predicted molar refractivity (Wildman–Crippen MR) is 57.5 cm³/mol. The van der Waals surface area contributed by atoms with Crippen molar-refractivity contribution in [1.82, 2.24) is 0 Å². The molecule has 0 heterocycles. The van der Waals surface area contributed by atoms with Crippen LogP contribution in [0.15, 0.2) is 29.8 Å². The molecule has 0 aliphatic rings. The molecule has 0 aromatic heterocycles. The van der Waals surface area contributed by atoms with Crippen molar-refractivity contribution in [2.24, 2.45) is 0 Å². The summed E-state index contributed by atoms with van der Waals surface area (Å²) in [4.78, 5) is 10.5. The number of halogens is 1. The van der Waals surface area contributed by atoms with Crippen LogP contribution >= 0.6 is 11.6 Å². The molecule has 0 saturated heterocycles. The Labute approximate surface area is 88.1 Å². The molecule has 74 valence electrons. The van der Waals surface area contributed by atoms with Gasteiger partial charge in [-0.15, -0.1) is 0 Å². The highest BCUT2D eigenvalue weighted by atomic mass is 35.5. The lowest BCUT2D eigenvalue weighted by molar-refractivity contribution is -0.104. The van der Waals surface area contributed by atoms with Gasteiger partial charge in [0.2, 0.25) is 0 Å². The van der Waals surface area contributed by atoms with Crippen LogP contribution in [0.5, 0.6) is 5.75 Å². The van der Waals surface area contributed by atoms with Crippen molar-refractivity contribution in [3.63, 3.8) is 0 Å². The Morgan fingerprint density at radius 3 is 2.36 bits per heavy atom. The Kier molecular flexibility index (Phi) is 3.72. The van der Waals surface area contributed by atoms with Crippen molar-refractivity contribution >= 4 is 22.9 Å². The molecule has 0 aliphatic heterocycles. The zero-order valence-electron chi connectivity index (χ0n) is 8.08. The van der Waals surface area contributed by atoms with Gasteiger partial charge in [-0.25, -0.2) is 0 Å². The fourth-order valence-electron chi connectivity index (χ4n) is 1.02. The molecular formula is C11H11ClO2. The smallest absolute Gasteiger partial charge is 0.147 e. The number of ether oxygens (including phenoxy) is 1. The summed E-state index contributed by atoms with van der Waals surface area (Å²) in [5, 5.41) is 0.475. The summed E-state index contributed by atoms with van der Waals surface area (Å²) in [7, 11) is 1.60. The second-order valence-electron chi connectivity index (χ2n) is 2.84. The van der Waals surface area contributed by atoms with E-state index in [-0.39, 0.29) is 0 Å². The molecule has 0 amide bonds. The quantitative estimate of drug-likeness (QED) is 0.567. The number of carbonyl (C=O) groups is 1. The third kappa shape index (κ3) is 2.36. The highest BCUT2D eigenvalue weighted by Crippen LogP contribution is 2.23. The van der Waals surface area contributed by atoms with Gasteiger partial charge >= 0.3 is 0 Å². The molecule has 1 aromatic rings. The average Bonchev–Trinajstić information content (AvgIpc) is 2.27. The number of aldehydes is 1. The van der Waals surface area contributed by atoms with E-state index in [4.69, 9.17) is 16.3 Å². The van der Waals surface area contributed by atoms with Crippen LogP contribution in [0, 0.1) is 0 Å². The molecule has 0 bridgehead atoms. The van der Waals surface area contributed by atoms with Crippen molar-refractivity contribution in [3.05, 3.63) is 35.4 Å². The number of allylic oxidation sites excluding steroid dienone is 1. The van der Waals surface area contributed by atoms with Crippen molar-refractivity contribution in [2.75, 3.05) is 7.11 Å². The van der Waals surface area contributed by atoms with Gasteiger partial charge in [0.05, 0.1) is 12.1 Å². The lowest BCUT2D eigenvalue weighted by Gasteiger charge is -2.03. The average molecular weight is 211 g/mol. The van der Waals surface area contributed by atoms with E-state index < -0.39 is 0 Å². The zero-order chi connectivity index (χ0) is 10.6. The van der Waals surface area contributed by atoms with Gasteiger partial charge in [0.15, 0.2) is 0 Å². The van der Waals surface area contributed by atoms with E-state index in [1.807, 2.05) is 12.1 Å². The molecule has 2 nitrogen and oxygen atoms in total. The summed E-state index contributed by atoms with van der Waals surface area (Å²) in [6, 6.07) is 7.23. The van der Waals surface area contributed by atoms with E-state index in [1.54, 1.807) is 26.2 Å². The summed E-state index contributed by atoms with van der Waals surface area (Å²) in [6.45, 7) is 1.68. The third-order valence-corrected chi connectivity index (χ3v) is 2.38. The SMILES string of the molecule is COc1ccc(/C(Cl)=C(\C)C=O)cc1. The third-order valence-electron chi connectivity index (χ3n) is 1.87. The molecule has 0 aliphatic carbocycles. The molecule has 0 fully saturated rings. The van der Waals surface area contributed by atoms with E-state index in [9.17, 15) is 4.79 Å². The standard InChI is InChI=1S/C11H11ClO2/c1-8(7-13)11(12)9-3-5-10(14-2)6-4-9/h3-7H,1-2H3/b11-8-. The Morgan fingerprint density at radius 1 is 1.36 bits per heavy atom. The van der Waals surface area contributed by atoms with Gasteiger partial charge in [-0.05, 0) is 36.8 Å². The topological polar surface area (TPSA) is 26.3 Å². The number of hydrogen-bond acceptors (Lipinski definition) is 2. The monoisotopic (exact) mass is 210 g/mol. The van der Waals surface area contributed by atoms with E-state index >= 15 is 0 Å². The summed E-state index contributed by atoms with van der Waals surface area (Å²) in [5.41, 5.74) is 1.34. The first-order valence-corrected chi connectivity index (χ1v) is 4.53. The lowest BCUT2D eigenvalue weighted by atomic mass is 10.1. The maximum atomic E-state index is 10.5. The van der Waals surface area contributed by atoms with Crippen molar-refractivity contribution in [3.8, 4) is 5.75 Å². The Morgan fingerprint density at radius 2 is 1.93 bits per heavy atom. The minimum absolute atomic E-state index is 0.475. The molecule has 14 heavy (non-hydrogen) atoms. The molecule has 0 radical (unpaired) electrons. The number of methoxy groups -OCH3 is 1. The second kappa shape index (κ2) is 4.82. The molecule has 0 N–H and O–H groups in total. The molecular weight excluding hydrogens is 200 g/mol. The first kappa shape index (κ1) is 10.8. The highest BCUT2D eigenvalue weighted by Gasteiger charge is 2.02. The van der Waals surface area contributed by atoms with Gasteiger partial charge in [0, 0.05) is 5.57 Å². The summed E-state index contributed by atoms with van der Waals surface area (Å²) < 4.78 is 5.01. The van der Waals surface area contributed by atoms with Gasteiger partial charge in [0.1, 0.15) is 12.0 Å². The summed E-state index contributed by atoms with van der Waals surface area (Å²) >= 11 is 5.96. The van der Waals surface area contributed by atoms with Crippen LogP contribution < -0.4 is 4.74 Å². The number of benzene rings is 1. The molecule has 1 rings (SSSR count). The fourth-order valence-corrected chi connectivity index (χ4v) is 1.19. The number of rotatable bonds is 3. The maximum Gasteiger partial charge on any atom is 0.147 e. The molecule has 3 heteroatoms. The Bertz CT molecular complexity index is 352. The molecule has 0 unspecified atom stereocenters. The minimum atomic E-state index is 0.475. The van der Waals surface area contributed by atoms with Gasteiger partial charge in [-0.3, -0.25) is 4.79 Å². The van der Waals surface area contributed by atoms with Crippen LogP contribution in [0.2, 0.25) is 0 Å². The van der Waals surface area contributed by atoms with Gasteiger partial charge < -0.3 is 4.74 Å². The van der Waals surface area contributed by atoms with Crippen LogP contribution in [0.25, 0.3) is 5.03 Å². The highest BCUT2D eigenvalue weighted by molar-refractivity contribution is 6.50. The lowest BCUT2D eigenvalue weighted by Crippen LogP contribution is -1.86. The number of carbonyl (C=O) groups excluding carboxylic acids is 1. The van der Waals surface area contributed by atoms with E-state index in [2.05, 4.69) is 0 Å². The van der Waals surface area contributed by atoms with Gasteiger partial charge in [0.25, 0.3) is 0 Å². The van der Waals surface area contributed by atoms with Crippen LogP contribution in [0.1, 0.15) is 12.5 Å². The van der Waals surface area contributed by atoms with Crippen LogP contribution in [-0.2, 0) is 4.79 Å². The molecule has 0 saturated carbocycles. The molecule has 0 atom stereocenters. The van der Waals surface area contributed by atoms with Gasteiger partial charge in [-0.2, -0.15) is 0 Å². The normalized spacial score (nSPS) is 11.9. The zero-order valence-corrected chi connectivity index (χ0v) is 8.84. The predicted octanol–water partition coefficient (Wildman–Crippen LogP) is 2.86. The molecule has 0 spiro atoms. The van der Waals surface area contributed by atoms with Crippen molar-refractivity contribution < 1.29 is 9.53 Å². The summed E-state index contributed by atoms with van der Waals surface area (Å²) in [5.74, 6) is 0.766. The van der Waals surface area contributed by atoms with Crippen LogP contribution in [0.3, 0.4) is 0 Å². The number of hydrogen-bond donors (Lipinski definition) is 0. The first-order valence-electron chi connectivity index (χ1n) is 4.15. The van der Waals surface area contributed by atoms with Crippen molar-refractivity contribution in [2.45, 2.75) is 6.92 Å². The van der Waals surface area contributed by atoms with Crippen molar-refractivity contribution in [1.29, 1.82) is 0 Å². The van der Waals surface area contributed by atoms with Gasteiger partial charge in [-0.1, -0.05) is 11.6 Å². The van der Waals surface area contributed by atoms with Crippen LogP contribution in [-0.4, -0.2) is 13.4 Å². The van der Waals surface area contributed by atoms with E-state index in [0.717, 1.165) is 17.6 Å². The maximum absolute atomic E-state index is 10.5. The van der Waals surface area contributed by atoms with E-state index in [0.29, 0.717) is 10.6 Å². The minimum Gasteiger partial charge on any atom is -0.497 e. The Hall–Kier alpha value is -1.28. The second-order valence-corrected chi connectivity index (χ2v) is 3.22. The summed E-state index contributed by atoms with van der Waals surface area (Å²) in [6.07, 6.45) is 0.743. The van der Waals surface area contributed by atoms with Crippen LogP contribution in [0.4, 0.5) is 0 Å². The fraction of sp³-hybridized carbons (Fsp3) is 0.182. The van der Waals surface area contributed by atoms with E-state index in [1.165, 1.54) is 0 Å². The first-order chi connectivity index (χ1) is 6.69. The Balaban J connectivity index is 3.03. The molecule has 1 aromatic carbocycles. The largest absolute Gasteiger partial charge is 0.497 e.